The highest BCUT2D eigenvalue weighted by molar-refractivity contribution is 7.22. The smallest absolute Gasteiger partial charge is 0.248 e. The van der Waals surface area contributed by atoms with Crippen molar-refractivity contribution >= 4 is 44.2 Å². The van der Waals surface area contributed by atoms with E-state index >= 15 is 0 Å². The van der Waals surface area contributed by atoms with E-state index in [0.29, 0.717) is 17.1 Å². The molecule has 0 aliphatic carbocycles. The molecule has 2 aromatic carbocycles. The van der Waals surface area contributed by atoms with Crippen molar-refractivity contribution < 1.29 is 4.79 Å². The van der Waals surface area contributed by atoms with E-state index in [0.717, 1.165) is 20.9 Å². The molecule has 3 aromatic rings. The molecule has 6 heteroatoms. The number of carbonyl (C=O) groups is 1. The molecule has 0 saturated heterocycles. The van der Waals surface area contributed by atoms with Gasteiger partial charge in [-0.15, -0.1) is 0 Å². The highest BCUT2D eigenvalue weighted by Crippen LogP contribution is 2.28. The van der Waals surface area contributed by atoms with Crippen LogP contribution in [-0.4, -0.2) is 10.9 Å². The zero-order chi connectivity index (χ0) is 14.8. The van der Waals surface area contributed by atoms with Crippen LogP contribution < -0.4 is 11.1 Å². The predicted octanol–water partition coefficient (Wildman–Crippen LogP) is 3.66. The first-order chi connectivity index (χ1) is 10.1. The molecule has 4 nitrogen and oxygen atoms in total. The molecule has 1 aromatic heterocycles. The number of benzene rings is 2. The van der Waals surface area contributed by atoms with Gasteiger partial charge in [-0.05, 0) is 35.9 Å². The number of hydrogen-bond acceptors (Lipinski definition) is 4. The topological polar surface area (TPSA) is 68.0 Å². The van der Waals surface area contributed by atoms with Crippen LogP contribution >= 0.6 is 22.9 Å². The summed E-state index contributed by atoms with van der Waals surface area (Å²) in [6.45, 7) is 0.632. The molecule has 3 N–H and O–H groups in total. The van der Waals surface area contributed by atoms with Gasteiger partial charge < -0.3 is 11.1 Å². The quantitative estimate of drug-likeness (QED) is 0.771. The summed E-state index contributed by atoms with van der Waals surface area (Å²) in [5.74, 6) is -0.419. The highest BCUT2D eigenvalue weighted by Gasteiger charge is 2.05. The molecule has 0 fully saturated rings. The summed E-state index contributed by atoms with van der Waals surface area (Å²) < 4.78 is 1.05. The average molecular weight is 318 g/mol. The van der Waals surface area contributed by atoms with Gasteiger partial charge >= 0.3 is 0 Å². The number of nitrogens with two attached hydrogens (primary N) is 1. The number of halogens is 1. The molecule has 0 spiro atoms. The van der Waals surface area contributed by atoms with E-state index in [1.165, 1.54) is 0 Å². The van der Waals surface area contributed by atoms with Crippen LogP contribution in [0.5, 0.6) is 0 Å². The Balaban J connectivity index is 1.72. The molecule has 0 atom stereocenters. The summed E-state index contributed by atoms with van der Waals surface area (Å²) >= 11 is 7.52. The number of primary amides is 1. The average Bonchev–Trinajstić information content (AvgIpc) is 2.87. The summed E-state index contributed by atoms with van der Waals surface area (Å²) in [5.41, 5.74) is 7.70. The first kappa shape index (κ1) is 13.9. The number of carbonyl (C=O) groups excluding carboxylic acids is 1. The first-order valence-electron chi connectivity index (χ1n) is 6.30. The fraction of sp³-hybridized carbons (Fsp3) is 0.0667. The molecule has 0 unspecified atom stereocenters. The summed E-state index contributed by atoms with van der Waals surface area (Å²) in [7, 11) is 0. The number of rotatable bonds is 4. The molecule has 3 rings (SSSR count). The lowest BCUT2D eigenvalue weighted by molar-refractivity contribution is 0.100. The summed E-state index contributed by atoms with van der Waals surface area (Å²) in [6, 6.07) is 12.8. The zero-order valence-corrected chi connectivity index (χ0v) is 12.5. The Morgan fingerprint density at radius 1 is 1.24 bits per heavy atom. The number of anilines is 1. The molecule has 21 heavy (non-hydrogen) atoms. The Labute approximate surface area is 130 Å². The van der Waals surface area contributed by atoms with Crippen LogP contribution in [0.3, 0.4) is 0 Å². The SMILES string of the molecule is NC(=O)c1ccc(CNc2nc3ccc(Cl)cc3s2)cc1. The molecular weight excluding hydrogens is 306 g/mol. The Hall–Kier alpha value is -2.11. The lowest BCUT2D eigenvalue weighted by Gasteiger charge is -2.03. The lowest BCUT2D eigenvalue weighted by atomic mass is 10.1. The standard InChI is InChI=1S/C15H12ClN3OS/c16-11-5-6-12-13(7-11)21-15(19-12)18-8-9-1-3-10(4-2-9)14(17)20/h1-7H,8H2,(H2,17,20)(H,18,19). The van der Waals surface area contributed by atoms with Crippen molar-refractivity contribution in [2.24, 2.45) is 5.73 Å². The Bertz CT molecular complexity index is 798. The van der Waals surface area contributed by atoms with Gasteiger partial charge in [0.15, 0.2) is 5.13 Å². The lowest BCUT2D eigenvalue weighted by Crippen LogP contribution is -2.10. The van der Waals surface area contributed by atoms with E-state index in [-0.39, 0.29) is 0 Å². The second-order valence-corrected chi connectivity index (χ2v) is 6.01. The first-order valence-corrected chi connectivity index (χ1v) is 7.50. The minimum absolute atomic E-state index is 0.419. The van der Waals surface area contributed by atoms with E-state index in [4.69, 9.17) is 17.3 Å². The van der Waals surface area contributed by atoms with E-state index in [9.17, 15) is 4.79 Å². The van der Waals surface area contributed by atoms with Gasteiger partial charge in [-0.1, -0.05) is 35.1 Å². The highest BCUT2D eigenvalue weighted by atomic mass is 35.5. The Kier molecular flexibility index (Phi) is 3.77. The second kappa shape index (κ2) is 5.71. The molecule has 0 bridgehead atoms. The van der Waals surface area contributed by atoms with Crippen LogP contribution in [0.1, 0.15) is 15.9 Å². The van der Waals surface area contributed by atoms with Gasteiger partial charge in [0.2, 0.25) is 5.91 Å². The fourth-order valence-electron chi connectivity index (χ4n) is 1.94. The van der Waals surface area contributed by atoms with E-state index < -0.39 is 5.91 Å². The number of aromatic nitrogens is 1. The van der Waals surface area contributed by atoms with E-state index in [2.05, 4.69) is 10.3 Å². The number of fused-ring (bicyclic) bond motifs is 1. The van der Waals surface area contributed by atoms with Crippen molar-refractivity contribution in [3.8, 4) is 0 Å². The summed E-state index contributed by atoms with van der Waals surface area (Å²) in [5, 5.41) is 4.81. The van der Waals surface area contributed by atoms with Crippen LogP contribution in [0.4, 0.5) is 5.13 Å². The normalized spacial score (nSPS) is 10.7. The van der Waals surface area contributed by atoms with Gasteiger partial charge in [-0.25, -0.2) is 4.98 Å². The number of thiazole rings is 1. The van der Waals surface area contributed by atoms with E-state index in [1.54, 1.807) is 23.5 Å². The van der Waals surface area contributed by atoms with Gasteiger partial charge in [-0.3, -0.25) is 4.79 Å². The number of nitrogens with one attached hydrogen (secondary N) is 1. The van der Waals surface area contributed by atoms with Gasteiger partial charge in [0.05, 0.1) is 10.2 Å². The number of amides is 1. The zero-order valence-electron chi connectivity index (χ0n) is 11.0. The maximum Gasteiger partial charge on any atom is 0.248 e. The van der Waals surface area contributed by atoms with Crippen molar-refractivity contribution in [1.29, 1.82) is 0 Å². The van der Waals surface area contributed by atoms with Crippen molar-refractivity contribution in [3.63, 3.8) is 0 Å². The molecule has 1 amide bonds. The molecule has 1 heterocycles. The third-order valence-electron chi connectivity index (χ3n) is 3.03. The van der Waals surface area contributed by atoms with Crippen LogP contribution in [0.25, 0.3) is 10.2 Å². The Morgan fingerprint density at radius 2 is 2.00 bits per heavy atom. The van der Waals surface area contributed by atoms with E-state index in [1.807, 2.05) is 30.3 Å². The second-order valence-electron chi connectivity index (χ2n) is 4.55. The van der Waals surface area contributed by atoms with Crippen LogP contribution in [0.15, 0.2) is 42.5 Å². The molecular formula is C15H12ClN3OS. The molecule has 0 aliphatic rings. The van der Waals surface area contributed by atoms with Crippen LogP contribution in [0.2, 0.25) is 5.02 Å². The summed E-state index contributed by atoms with van der Waals surface area (Å²) in [6.07, 6.45) is 0. The fourth-order valence-corrected chi connectivity index (χ4v) is 3.08. The summed E-state index contributed by atoms with van der Waals surface area (Å²) in [4.78, 5) is 15.5. The van der Waals surface area contributed by atoms with Gasteiger partial charge in [0.25, 0.3) is 0 Å². The number of nitrogens with zero attached hydrogens (tertiary/aromatic N) is 1. The molecule has 106 valence electrons. The van der Waals surface area contributed by atoms with Crippen molar-refractivity contribution in [2.45, 2.75) is 6.54 Å². The van der Waals surface area contributed by atoms with Gasteiger partial charge in [0.1, 0.15) is 0 Å². The third kappa shape index (κ3) is 3.15. The molecule has 0 aliphatic heterocycles. The number of hydrogen-bond donors (Lipinski definition) is 2. The monoisotopic (exact) mass is 317 g/mol. The van der Waals surface area contributed by atoms with Crippen molar-refractivity contribution in [3.05, 3.63) is 58.6 Å². The largest absolute Gasteiger partial charge is 0.366 e. The third-order valence-corrected chi connectivity index (χ3v) is 4.24. The Morgan fingerprint density at radius 3 is 2.71 bits per heavy atom. The maximum atomic E-state index is 11.0. The minimum atomic E-state index is -0.419. The van der Waals surface area contributed by atoms with Crippen molar-refractivity contribution in [2.75, 3.05) is 5.32 Å². The van der Waals surface area contributed by atoms with Crippen LogP contribution in [-0.2, 0) is 6.54 Å². The minimum Gasteiger partial charge on any atom is -0.366 e. The molecule has 0 radical (unpaired) electrons. The van der Waals surface area contributed by atoms with Gasteiger partial charge in [0, 0.05) is 17.1 Å². The molecule has 0 saturated carbocycles. The van der Waals surface area contributed by atoms with Gasteiger partial charge in [-0.2, -0.15) is 0 Å². The maximum absolute atomic E-state index is 11.0. The van der Waals surface area contributed by atoms with Crippen molar-refractivity contribution in [1.82, 2.24) is 4.98 Å². The predicted molar refractivity (Wildman–Crippen MR) is 86.9 cm³/mol. The van der Waals surface area contributed by atoms with Crippen LogP contribution in [0, 0.1) is 0 Å².